The van der Waals surface area contributed by atoms with Crippen LogP contribution in [0.3, 0.4) is 0 Å². The zero-order valence-corrected chi connectivity index (χ0v) is 18.2. The van der Waals surface area contributed by atoms with E-state index in [4.69, 9.17) is 14.9 Å². The van der Waals surface area contributed by atoms with Gasteiger partial charge in [-0.1, -0.05) is 36.0 Å². The van der Waals surface area contributed by atoms with E-state index in [1.807, 2.05) is 42.7 Å². The van der Waals surface area contributed by atoms with E-state index in [0.717, 1.165) is 29.0 Å². The first kappa shape index (κ1) is 20.9. The third kappa shape index (κ3) is 4.88. The van der Waals surface area contributed by atoms with Crippen LogP contribution in [0, 0.1) is 19.3 Å². The molecule has 1 N–H and O–H groups in total. The number of ether oxygens (including phenoxy) is 2. The van der Waals surface area contributed by atoms with Crippen LogP contribution >= 0.6 is 11.8 Å². The van der Waals surface area contributed by atoms with Crippen molar-refractivity contribution < 1.29 is 14.3 Å². The first-order valence-corrected chi connectivity index (χ1v) is 10.9. The van der Waals surface area contributed by atoms with Crippen molar-refractivity contribution in [3.63, 3.8) is 0 Å². The lowest BCUT2D eigenvalue weighted by molar-refractivity contribution is -0.114. The second kappa shape index (κ2) is 9.22. The molecule has 0 saturated carbocycles. The van der Waals surface area contributed by atoms with Gasteiger partial charge in [-0.3, -0.25) is 15.1 Å². The molecule has 0 aliphatic carbocycles. The number of benzene rings is 2. The van der Waals surface area contributed by atoms with Crippen molar-refractivity contribution in [3.05, 3.63) is 76.3 Å². The van der Waals surface area contributed by atoms with Crippen LogP contribution in [0.1, 0.15) is 23.1 Å². The highest BCUT2D eigenvalue weighted by Gasteiger charge is 2.30. The van der Waals surface area contributed by atoms with Gasteiger partial charge in [-0.25, -0.2) is 0 Å². The van der Waals surface area contributed by atoms with Gasteiger partial charge in [-0.05, 0) is 60.2 Å². The number of amidine groups is 2. The van der Waals surface area contributed by atoms with Gasteiger partial charge in [0.05, 0.1) is 18.8 Å². The summed E-state index contributed by atoms with van der Waals surface area (Å²) in [5, 5.41) is 10.6. The number of carbonyl (C=O) groups excluding carboxylic acids is 1. The molecule has 1 amide bonds. The number of carbonyl (C=O) groups is 1. The minimum Gasteiger partial charge on any atom is -0.493 e. The van der Waals surface area contributed by atoms with Crippen LogP contribution in [-0.4, -0.2) is 35.0 Å². The fraction of sp³-hybridized carbons (Fsp3) is 0.208. The molecule has 7 heteroatoms. The molecule has 6 nitrogen and oxygen atoms in total. The topological polar surface area (TPSA) is 75.0 Å². The third-order valence-electron chi connectivity index (χ3n) is 4.86. The number of nitrogens with one attached hydrogen (secondary N) is 1. The smallest absolute Gasteiger partial charge is 0.283 e. The number of fused-ring (bicyclic) bond motifs is 1. The summed E-state index contributed by atoms with van der Waals surface area (Å²) in [7, 11) is 0. The fourth-order valence-corrected chi connectivity index (χ4v) is 3.86. The van der Waals surface area contributed by atoms with Crippen molar-refractivity contribution in [2.75, 3.05) is 13.2 Å². The monoisotopic (exact) mass is 433 g/mol. The maximum atomic E-state index is 12.3. The molecule has 2 aromatic rings. The van der Waals surface area contributed by atoms with Crippen molar-refractivity contribution in [2.45, 2.75) is 20.3 Å². The molecule has 0 atom stereocenters. The van der Waals surface area contributed by atoms with Gasteiger partial charge in [-0.15, -0.1) is 0 Å². The van der Waals surface area contributed by atoms with Crippen LogP contribution in [0.2, 0.25) is 0 Å². The molecule has 0 spiro atoms. The number of aryl methyl sites for hydroxylation is 2. The molecule has 0 unspecified atom stereocenters. The maximum Gasteiger partial charge on any atom is 0.283 e. The van der Waals surface area contributed by atoms with E-state index in [1.165, 1.54) is 17.3 Å². The maximum absolute atomic E-state index is 12.3. The molecule has 2 aliphatic heterocycles. The Morgan fingerprint density at radius 1 is 1.10 bits per heavy atom. The largest absolute Gasteiger partial charge is 0.493 e. The van der Waals surface area contributed by atoms with E-state index >= 15 is 0 Å². The van der Waals surface area contributed by atoms with E-state index in [-0.39, 0.29) is 11.4 Å². The Balaban J connectivity index is 1.29. The highest BCUT2D eigenvalue weighted by atomic mass is 32.2. The Labute approximate surface area is 185 Å². The highest BCUT2D eigenvalue weighted by Crippen LogP contribution is 2.27. The summed E-state index contributed by atoms with van der Waals surface area (Å²) in [5.41, 5.74) is 3.39. The van der Waals surface area contributed by atoms with E-state index < -0.39 is 5.91 Å². The lowest BCUT2D eigenvalue weighted by atomic mass is 10.1. The minimum absolute atomic E-state index is 0.139. The van der Waals surface area contributed by atoms with Gasteiger partial charge in [0, 0.05) is 12.6 Å². The second-order valence-electron chi connectivity index (χ2n) is 7.27. The molecular formula is C24H23N3O3S. The van der Waals surface area contributed by atoms with Crippen molar-refractivity contribution in [1.29, 1.82) is 5.41 Å². The van der Waals surface area contributed by atoms with Crippen LogP contribution < -0.4 is 9.47 Å². The SMILES string of the molecule is Cc1ccc(C)c(OCCCOc2ccc(C=C3C(=N)N4C=CSC4=NC3=O)cc2)c1. The number of hydrogen-bond donors (Lipinski definition) is 1. The lowest BCUT2D eigenvalue weighted by Gasteiger charge is -2.22. The van der Waals surface area contributed by atoms with E-state index in [2.05, 4.69) is 24.0 Å². The van der Waals surface area contributed by atoms with Crippen LogP contribution in [0.4, 0.5) is 0 Å². The van der Waals surface area contributed by atoms with Gasteiger partial charge in [0.2, 0.25) is 0 Å². The fourth-order valence-electron chi connectivity index (χ4n) is 3.15. The zero-order valence-electron chi connectivity index (χ0n) is 17.4. The first-order valence-electron chi connectivity index (χ1n) is 10.0. The second-order valence-corrected chi connectivity index (χ2v) is 8.14. The highest BCUT2D eigenvalue weighted by molar-refractivity contribution is 8.16. The van der Waals surface area contributed by atoms with Crippen LogP contribution in [0.15, 0.2) is 64.6 Å². The molecule has 158 valence electrons. The number of aliphatic imine (C=N–C) groups is 1. The molecule has 31 heavy (non-hydrogen) atoms. The Bertz CT molecular complexity index is 1100. The van der Waals surface area contributed by atoms with Gasteiger partial charge in [-0.2, -0.15) is 4.99 Å². The number of nitrogens with zero attached hydrogens (tertiary/aromatic N) is 2. The van der Waals surface area contributed by atoms with Crippen molar-refractivity contribution >= 4 is 34.7 Å². The summed E-state index contributed by atoms with van der Waals surface area (Å²) in [5.74, 6) is 1.41. The summed E-state index contributed by atoms with van der Waals surface area (Å²) in [6.45, 7) is 5.22. The molecule has 0 saturated heterocycles. The molecule has 4 rings (SSSR count). The first-order chi connectivity index (χ1) is 15.0. The zero-order chi connectivity index (χ0) is 21.8. The summed E-state index contributed by atoms with van der Waals surface area (Å²) >= 11 is 1.34. The summed E-state index contributed by atoms with van der Waals surface area (Å²) in [6, 6.07) is 13.6. The normalized spacial score (nSPS) is 16.5. The van der Waals surface area contributed by atoms with Crippen LogP contribution in [-0.2, 0) is 4.79 Å². The molecule has 2 aliphatic rings. The summed E-state index contributed by atoms with van der Waals surface area (Å²) < 4.78 is 11.6. The van der Waals surface area contributed by atoms with Crippen molar-refractivity contribution in [1.82, 2.24) is 4.90 Å². The predicted octanol–water partition coefficient (Wildman–Crippen LogP) is 4.93. The average molecular weight is 434 g/mol. The summed E-state index contributed by atoms with van der Waals surface area (Å²) in [6.07, 6.45) is 4.20. The van der Waals surface area contributed by atoms with E-state index in [9.17, 15) is 4.79 Å². The van der Waals surface area contributed by atoms with Crippen LogP contribution in [0.5, 0.6) is 11.5 Å². The molecule has 0 radical (unpaired) electrons. The van der Waals surface area contributed by atoms with Gasteiger partial charge < -0.3 is 9.47 Å². The van der Waals surface area contributed by atoms with Gasteiger partial charge in [0.15, 0.2) is 5.17 Å². The lowest BCUT2D eigenvalue weighted by Crippen LogP contribution is -2.35. The Morgan fingerprint density at radius 3 is 2.68 bits per heavy atom. The number of hydrogen-bond acceptors (Lipinski definition) is 5. The molecule has 0 bridgehead atoms. The van der Waals surface area contributed by atoms with E-state index in [0.29, 0.717) is 18.4 Å². The van der Waals surface area contributed by atoms with Crippen molar-refractivity contribution in [2.24, 2.45) is 4.99 Å². The molecule has 2 aromatic carbocycles. The van der Waals surface area contributed by atoms with Crippen LogP contribution in [0.25, 0.3) is 6.08 Å². The molecule has 2 heterocycles. The van der Waals surface area contributed by atoms with Gasteiger partial charge in [0.25, 0.3) is 5.91 Å². The number of rotatable bonds is 7. The molecule has 0 aromatic heterocycles. The van der Waals surface area contributed by atoms with Gasteiger partial charge >= 0.3 is 0 Å². The summed E-state index contributed by atoms with van der Waals surface area (Å²) in [4.78, 5) is 17.9. The van der Waals surface area contributed by atoms with Crippen molar-refractivity contribution in [3.8, 4) is 11.5 Å². The van der Waals surface area contributed by atoms with E-state index in [1.54, 1.807) is 17.2 Å². The molecular weight excluding hydrogens is 410 g/mol. The quantitative estimate of drug-likeness (QED) is 0.495. The molecule has 0 fully saturated rings. The average Bonchev–Trinajstić information content (AvgIpc) is 3.23. The Kier molecular flexibility index (Phi) is 6.23. The Hall–Kier alpha value is -3.32. The predicted molar refractivity (Wildman–Crippen MR) is 125 cm³/mol. The number of amides is 1. The minimum atomic E-state index is -0.392. The standard InChI is InChI=1S/C24H23N3O3S/c1-16-4-5-17(2)21(14-16)30-12-3-11-29-19-8-6-18(7-9-19)15-20-22(25)27-10-13-31-24(27)26-23(20)28/h4-10,13-15,25H,3,11-12H2,1-2H3. The number of thioether (sulfide) groups is 1. The third-order valence-corrected chi connectivity index (χ3v) is 5.62. The Morgan fingerprint density at radius 2 is 1.87 bits per heavy atom. The van der Waals surface area contributed by atoms with Gasteiger partial charge in [0.1, 0.15) is 17.3 Å².